The Labute approximate surface area is 167 Å². The number of amidine groups is 1. The van der Waals surface area contributed by atoms with Crippen molar-refractivity contribution < 1.29 is 4.74 Å². The minimum absolute atomic E-state index is 0.0231. The van der Waals surface area contributed by atoms with Crippen LogP contribution in [0.2, 0.25) is 0 Å². The molecule has 1 aromatic carbocycles. The topological polar surface area (TPSA) is 37.7 Å². The number of fused-ring (bicyclic) bond motifs is 1. The molecule has 2 aromatic rings. The number of thioether (sulfide) groups is 1. The maximum absolute atomic E-state index is 5.87. The van der Waals surface area contributed by atoms with Gasteiger partial charge in [-0.2, -0.15) is 0 Å². The first-order valence-corrected chi connectivity index (χ1v) is 10.6. The van der Waals surface area contributed by atoms with Crippen molar-refractivity contribution in [2.24, 2.45) is 4.99 Å². The van der Waals surface area contributed by atoms with Crippen LogP contribution in [-0.4, -0.2) is 33.0 Å². The third-order valence-corrected chi connectivity index (χ3v) is 6.26. The Balaban J connectivity index is 1.71. The molecule has 3 heterocycles. The molecular formula is C20H22BrN3OS. The summed E-state index contributed by atoms with van der Waals surface area (Å²) >= 11 is 5.54. The molecule has 0 unspecified atom stereocenters. The predicted molar refractivity (Wildman–Crippen MR) is 111 cm³/mol. The highest BCUT2D eigenvalue weighted by Gasteiger charge is 2.43. The first-order chi connectivity index (χ1) is 12.5. The van der Waals surface area contributed by atoms with Gasteiger partial charge in [0.2, 0.25) is 0 Å². The summed E-state index contributed by atoms with van der Waals surface area (Å²) in [6.45, 7) is 7.35. The van der Waals surface area contributed by atoms with Gasteiger partial charge in [0.05, 0.1) is 22.3 Å². The molecule has 2 aliphatic rings. The Morgan fingerprint density at radius 2 is 2.12 bits per heavy atom. The lowest BCUT2D eigenvalue weighted by molar-refractivity contribution is 0.240. The van der Waals surface area contributed by atoms with E-state index in [-0.39, 0.29) is 18.2 Å². The number of pyridine rings is 1. The van der Waals surface area contributed by atoms with E-state index in [9.17, 15) is 0 Å². The summed E-state index contributed by atoms with van der Waals surface area (Å²) in [5.41, 5.74) is 2.25. The molecule has 1 fully saturated rings. The zero-order chi connectivity index (χ0) is 18.3. The lowest BCUT2D eigenvalue weighted by atomic mass is 9.96. The van der Waals surface area contributed by atoms with Gasteiger partial charge in [-0.05, 0) is 59.6 Å². The molecule has 26 heavy (non-hydrogen) atoms. The molecule has 1 saturated heterocycles. The van der Waals surface area contributed by atoms with Gasteiger partial charge in [-0.25, -0.2) is 0 Å². The Kier molecular flexibility index (Phi) is 4.97. The largest absolute Gasteiger partial charge is 0.490 e. The van der Waals surface area contributed by atoms with E-state index in [0.717, 1.165) is 27.6 Å². The molecule has 0 aliphatic carbocycles. The summed E-state index contributed by atoms with van der Waals surface area (Å²) in [7, 11) is 0. The summed E-state index contributed by atoms with van der Waals surface area (Å²) in [6, 6.07) is 12.6. The Morgan fingerprint density at radius 1 is 1.27 bits per heavy atom. The van der Waals surface area contributed by atoms with Crippen LogP contribution in [-0.2, 0) is 0 Å². The number of nitrogens with zero attached hydrogens (tertiary/aromatic N) is 3. The minimum atomic E-state index is 0.0231. The van der Waals surface area contributed by atoms with Gasteiger partial charge in [0.25, 0.3) is 0 Å². The summed E-state index contributed by atoms with van der Waals surface area (Å²) in [5.74, 6) is 0.876. The Hall–Kier alpha value is -1.53. The molecule has 2 aliphatic heterocycles. The first-order valence-electron chi connectivity index (χ1n) is 8.91. The molecule has 3 atom stereocenters. The average molecular weight is 432 g/mol. The predicted octanol–water partition coefficient (Wildman–Crippen LogP) is 5.22. The standard InChI is InChI=1S/C20H22BrN3OS/c1-12(2)25-17-8-7-14(10-15(17)21)19-18(16-6-4-5-9-22-16)23-20-24(19)11-13(3)26-20/h4-10,12-13,18-19H,11H2,1-3H3/t13-,18-,19+/m0/s1. The van der Waals surface area contributed by atoms with Crippen LogP contribution >= 0.6 is 27.7 Å². The molecule has 0 N–H and O–H groups in total. The lowest BCUT2D eigenvalue weighted by Crippen LogP contribution is -2.28. The van der Waals surface area contributed by atoms with Gasteiger partial charge in [0, 0.05) is 18.0 Å². The zero-order valence-electron chi connectivity index (χ0n) is 15.1. The van der Waals surface area contributed by atoms with Gasteiger partial charge >= 0.3 is 0 Å². The van der Waals surface area contributed by atoms with Gasteiger partial charge in [-0.3, -0.25) is 9.98 Å². The number of benzene rings is 1. The van der Waals surface area contributed by atoms with Crippen LogP contribution in [0, 0.1) is 0 Å². The van der Waals surface area contributed by atoms with Crippen LogP contribution in [0.5, 0.6) is 5.75 Å². The van der Waals surface area contributed by atoms with Crippen molar-refractivity contribution in [3.05, 3.63) is 58.3 Å². The number of hydrogen-bond donors (Lipinski definition) is 0. The highest BCUT2D eigenvalue weighted by Crippen LogP contribution is 2.48. The van der Waals surface area contributed by atoms with Crippen molar-refractivity contribution in [1.82, 2.24) is 9.88 Å². The maximum atomic E-state index is 5.87. The zero-order valence-corrected chi connectivity index (χ0v) is 17.5. The SMILES string of the molecule is CC(C)Oc1ccc([C@@H]2[C@H](c3ccccn3)N=C3S[C@@H](C)CN32)cc1Br. The third kappa shape index (κ3) is 3.37. The van der Waals surface area contributed by atoms with Crippen LogP contribution in [0.1, 0.15) is 44.1 Å². The molecule has 0 saturated carbocycles. The number of aliphatic imine (C=N–C) groups is 1. The van der Waals surface area contributed by atoms with Crippen LogP contribution in [0.15, 0.2) is 52.1 Å². The van der Waals surface area contributed by atoms with E-state index in [0.29, 0.717) is 5.25 Å². The van der Waals surface area contributed by atoms with Gasteiger partial charge < -0.3 is 9.64 Å². The van der Waals surface area contributed by atoms with E-state index >= 15 is 0 Å². The quantitative estimate of drug-likeness (QED) is 0.664. The fourth-order valence-corrected chi connectivity index (χ4v) is 5.11. The van der Waals surface area contributed by atoms with E-state index < -0.39 is 0 Å². The van der Waals surface area contributed by atoms with Crippen molar-refractivity contribution in [2.45, 2.75) is 44.2 Å². The van der Waals surface area contributed by atoms with Gasteiger partial charge in [0.1, 0.15) is 11.8 Å². The van der Waals surface area contributed by atoms with Crippen LogP contribution in [0.4, 0.5) is 0 Å². The van der Waals surface area contributed by atoms with E-state index in [1.807, 2.05) is 43.9 Å². The van der Waals surface area contributed by atoms with E-state index in [4.69, 9.17) is 9.73 Å². The summed E-state index contributed by atoms with van der Waals surface area (Å²) < 4.78 is 6.86. The van der Waals surface area contributed by atoms with Crippen LogP contribution in [0.25, 0.3) is 0 Å². The van der Waals surface area contributed by atoms with Crippen LogP contribution in [0.3, 0.4) is 0 Å². The normalized spacial score (nSPS) is 24.7. The van der Waals surface area contributed by atoms with Crippen molar-refractivity contribution in [3.63, 3.8) is 0 Å². The summed E-state index contributed by atoms with van der Waals surface area (Å²) in [6.07, 6.45) is 2.00. The molecule has 4 nitrogen and oxygen atoms in total. The van der Waals surface area contributed by atoms with Gasteiger partial charge in [-0.1, -0.05) is 30.8 Å². The molecule has 0 bridgehead atoms. The minimum Gasteiger partial charge on any atom is -0.490 e. The molecule has 136 valence electrons. The molecule has 4 rings (SSSR count). The Bertz CT molecular complexity index is 827. The number of halogens is 1. The second-order valence-electron chi connectivity index (χ2n) is 6.99. The number of rotatable bonds is 4. The smallest absolute Gasteiger partial charge is 0.160 e. The van der Waals surface area contributed by atoms with Crippen LogP contribution < -0.4 is 4.74 Å². The molecule has 6 heteroatoms. The number of aromatic nitrogens is 1. The maximum Gasteiger partial charge on any atom is 0.160 e. The van der Waals surface area contributed by atoms with Gasteiger partial charge in [0.15, 0.2) is 5.17 Å². The number of ether oxygens (including phenoxy) is 1. The van der Waals surface area contributed by atoms with Crippen molar-refractivity contribution in [2.75, 3.05) is 6.54 Å². The second kappa shape index (κ2) is 7.24. The van der Waals surface area contributed by atoms with E-state index in [1.54, 1.807) is 0 Å². The molecule has 0 spiro atoms. The summed E-state index contributed by atoms with van der Waals surface area (Å²) in [5, 5.41) is 1.70. The molecule has 1 aromatic heterocycles. The lowest BCUT2D eigenvalue weighted by Gasteiger charge is -2.28. The average Bonchev–Trinajstić information content (AvgIpc) is 3.13. The Morgan fingerprint density at radius 3 is 2.81 bits per heavy atom. The molecule has 0 radical (unpaired) electrons. The second-order valence-corrected chi connectivity index (χ2v) is 9.25. The van der Waals surface area contributed by atoms with Crippen molar-refractivity contribution in [3.8, 4) is 5.75 Å². The fourth-order valence-electron chi connectivity index (χ4n) is 3.53. The monoisotopic (exact) mass is 431 g/mol. The number of hydrogen-bond acceptors (Lipinski definition) is 5. The van der Waals surface area contributed by atoms with E-state index in [1.165, 1.54) is 5.56 Å². The van der Waals surface area contributed by atoms with Gasteiger partial charge in [-0.15, -0.1) is 0 Å². The first kappa shape index (κ1) is 17.9. The fraction of sp³-hybridized carbons (Fsp3) is 0.400. The highest BCUT2D eigenvalue weighted by atomic mass is 79.9. The van der Waals surface area contributed by atoms with Crippen molar-refractivity contribution >= 4 is 32.9 Å². The summed E-state index contributed by atoms with van der Waals surface area (Å²) in [4.78, 5) is 12.0. The van der Waals surface area contributed by atoms with Crippen molar-refractivity contribution in [1.29, 1.82) is 0 Å². The highest BCUT2D eigenvalue weighted by molar-refractivity contribution is 9.10. The molecule has 0 amide bonds. The van der Waals surface area contributed by atoms with E-state index in [2.05, 4.69) is 57.0 Å². The molecular weight excluding hydrogens is 410 g/mol. The third-order valence-electron chi connectivity index (χ3n) is 4.54.